The fourth-order valence-corrected chi connectivity index (χ4v) is 4.88. The predicted octanol–water partition coefficient (Wildman–Crippen LogP) is 3.51. The summed E-state index contributed by atoms with van der Waals surface area (Å²) in [6.45, 7) is 4.04. The summed E-state index contributed by atoms with van der Waals surface area (Å²) >= 11 is 7.44. The van der Waals surface area contributed by atoms with Crippen LogP contribution in [0.1, 0.15) is 37.7 Å². The van der Waals surface area contributed by atoms with E-state index in [0.29, 0.717) is 17.3 Å². The van der Waals surface area contributed by atoms with Crippen LogP contribution in [0.25, 0.3) is 0 Å². The van der Waals surface area contributed by atoms with Crippen LogP contribution in [0.3, 0.4) is 0 Å². The van der Waals surface area contributed by atoms with E-state index in [1.807, 2.05) is 24.3 Å². The van der Waals surface area contributed by atoms with E-state index in [0.717, 1.165) is 55.8 Å². The van der Waals surface area contributed by atoms with Crippen molar-refractivity contribution in [3.05, 3.63) is 34.9 Å². The molecule has 2 fully saturated rings. The second-order valence-corrected chi connectivity index (χ2v) is 9.15. The fraction of sp³-hybridized carbons (Fsp3) is 0.571. The molecule has 9 heteroatoms. The Bertz CT molecular complexity index is 850. The van der Waals surface area contributed by atoms with Gasteiger partial charge in [0.15, 0.2) is 5.16 Å². The first kappa shape index (κ1) is 21.5. The molecular weight excluding hydrogens is 422 g/mol. The third-order valence-electron chi connectivity index (χ3n) is 5.46. The number of carbonyl (C=O) groups is 1. The Hall–Kier alpha value is -1.77. The first-order valence-corrected chi connectivity index (χ1v) is 12.0. The Morgan fingerprint density at radius 2 is 2.10 bits per heavy atom. The lowest BCUT2D eigenvalue weighted by molar-refractivity contribution is -0.118. The third-order valence-corrected chi connectivity index (χ3v) is 6.66. The maximum atomic E-state index is 12.4. The van der Waals surface area contributed by atoms with Crippen molar-refractivity contribution in [3.8, 4) is 0 Å². The van der Waals surface area contributed by atoms with E-state index in [-0.39, 0.29) is 12.0 Å². The van der Waals surface area contributed by atoms with Crippen molar-refractivity contribution in [1.29, 1.82) is 0 Å². The second-order valence-electron chi connectivity index (χ2n) is 7.77. The van der Waals surface area contributed by atoms with Crippen LogP contribution < -0.4 is 10.2 Å². The number of nitrogens with one attached hydrogen (secondary N) is 1. The van der Waals surface area contributed by atoms with Crippen molar-refractivity contribution in [2.75, 3.05) is 30.3 Å². The molecule has 4 rings (SSSR count). The second kappa shape index (κ2) is 10.5. The Labute approximate surface area is 186 Å². The number of hydrogen-bond acceptors (Lipinski definition) is 6. The number of nitrogens with zero attached hydrogens (tertiary/aromatic N) is 4. The first-order valence-electron chi connectivity index (χ1n) is 10.6. The fourth-order valence-electron chi connectivity index (χ4n) is 3.90. The highest BCUT2D eigenvalue weighted by Crippen LogP contribution is 2.27. The molecule has 1 N–H and O–H groups in total. The van der Waals surface area contributed by atoms with Gasteiger partial charge in [-0.1, -0.05) is 35.5 Å². The van der Waals surface area contributed by atoms with Crippen LogP contribution >= 0.6 is 23.4 Å². The van der Waals surface area contributed by atoms with Gasteiger partial charge in [-0.25, -0.2) is 0 Å². The van der Waals surface area contributed by atoms with Gasteiger partial charge in [-0.3, -0.25) is 9.36 Å². The van der Waals surface area contributed by atoms with E-state index in [1.54, 1.807) is 0 Å². The van der Waals surface area contributed by atoms with Crippen LogP contribution in [-0.2, 0) is 22.6 Å². The molecule has 0 radical (unpaired) electrons. The van der Waals surface area contributed by atoms with Crippen LogP contribution in [0.5, 0.6) is 0 Å². The molecule has 2 aromatic rings. The molecule has 2 aliphatic rings. The number of carbonyl (C=O) groups excluding carboxylic acids is 1. The number of halogens is 1. The van der Waals surface area contributed by atoms with Crippen molar-refractivity contribution in [2.24, 2.45) is 0 Å². The van der Waals surface area contributed by atoms with Gasteiger partial charge < -0.3 is 15.0 Å². The zero-order chi connectivity index (χ0) is 20.8. The van der Waals surface area contributed by atoms with Crippen LogP contribution in [0.2, 0.25) is 5.02 Å². The van der Waals surface area contributed by atoms with E-state index in [4.69, 9.17) is 16.3 Å². The minimum Gasteiger partial charge on any atom is -0.376 e. The monoisotopic (exact) mass is 449 g/mol. The highest BCUT2D eigenvalue weighted by Gasteiger charge is 2.25. The van der Waals surface area contributed by atoms with Crippen molar-refractivity contribution < 1.29 is 9.53 Å². The van der Waals surface area contributed by atoms with Crippen molar-refractivity contribution in [3.63, 3.8) is 0 Å². The number of piperidine rings is 1. The van der Waals surface area contributed by atoms with Gasteiger partial charge in [0, 0.05) is 31.3 Å². The topological polar surface area (TPSA) is 72.3 Å². The van der Waals surface area contributed by atoms with E-state index >= 15 is 0 Å². The summed E-state index contributed by atoms with van der Waals surface area (Å²) in [6, 6.07) is 7.51. The lowest BCUT2D eigenvalue weighted by Gasteiger charge is -2.28. The van der Waals surface area contributed by atoms with Crippen LogP contribution in [0, 0.1) is 0 Å². The number of amides is 1. The lowest BCUT2D eigenvalue weighted by Crippen LogP contribution is -2.33. The Morgan fingerprint density at radius 3 is 2.87 bits per heavy atom. The van der Waals surface area contributed by atoms with Crippen molar-refractivity contribution >= 4 is 35.2 Å². The minimum absolute atomic E-state index is 0.0360. The molecule has 1 aromatic carbocycles. The van der Waals surface area contributed by atoms with Crippen LogP contribution in [-0.4, -0.2) is 52.2 Å². The summed E-state index contributed by atoms with van der Waals surface area (Å²) in [5.74, 6) is 1.17. The maximum Gasteiger partial charge on any atom is 0.230 e. The average molecular weight is 450 g/mol. The third kappa shape index (κ3) is 5.68. The van der Waals surface area contributed by atoms with Gasteiger partial charge >= 0.3 is 0 Å². The van der Waals surface area contributed by atoms with Gasteiger partial charge in [-0.05, 0) is 49.8 Å². The molecule has 30 heavy (non-hydrogen) atoms. The predicted molar refractivity (Wildman–Crippen MR) is 119 cm³/mol. The van der Waals surface area contributed by atoms with E-state index in [9.17, 15) is 4.79 Å². The lowest BCUT2D eigenvalue weighted by atomic mass is 10.1. The molecule has 2 aliphatic heterocycles. The molecule has 3 heterocycles. The van der Waals surface area contributed by atoms with Gasteiger partial charge in [0.2, 0.25) is 11.9 Å². The zero-order valence-corrected chi connectivity index (χ0v) is 18.6. The van der Waals surface area contributed by atoms with Crippen molar-refractivity contribution in [2.45, 2.75) is 56.5 Å². The molecule has 1 amide bonds. The largest absolute Gasteiger partial charge is 0.376 e. The zero-order valence-electron chi connectivity index (χ0n) is 17.1. The SMILES string of the molecule is O=C(CSc1nnc(N2CCCCC2)n1C[C@H]1CCCO1)NCc1cccc(Cl)c1. The summed E-state index contributed by atoms with van der Waals surface area (Å²) in [4.78, 5) is 14.7. The number of thioether (sulfide) groups is 1. The summed E-state index contributed by atoms with van der Waals surface area (Å²) in [6.07, 6.45) is 5.98. The van der Waals surface area contributed by atoms with Gasteiger partial charge in [-0.15, -0.1) is 10.2 Å². The molecular formula is C21H28ClN5O2S. The maximum absolute atomic E-state index is 12.4. The number of rotatable bonds is 8. The number of hydrogen-bond donors (Lipinski definition) is 1. The van der Waals surface area contributed by atoms with Crippen LogP contribution in [0.15, 0.2) is 29.4 Å². The summed E-state index contributed by atoms with van der Waals surface area (Å²) in [5.41, 5.74) is 0.981. The van der Waals surface area contributed by atoms with E-state index in [1.165, 1.54) is 31.0 Å². The molecule has 0 unspecified atom stereocenters. The molecule has 7 nitrogen and oxygen atoms in total. The number of ether oxygens (including phenoxy) is 1. The van der Waals surface area contributed by atoms with Gasteiger partial charge in [0.05, 0.1) is 18.4 Å². The average Bonchev–Trinajstić information content (AvgIpc) is 3.42. The van der Waals surface area contributed by atoms with Crippen molar-refractivity contribution in [1.82, 2.24) is 20.1 Å². The van der Waals surface area contributed by atoms with Crippen LogP contribution in [0.4, 0.5) is 5.95 Å². The molecule has 0 spiro atoms. The molecule has 162 valence electrons. The number of benzene rings is 1. The van der Waals surface area contributed by atoms with E-state index < -0.39 is 0 Å². The quantitative estimate of drug-likeness (QED) is 0.622. The molecule has 1 aromatic heterocycles. The Morgan fingerprint density at radius 1 is 1.23 bits per heavy atom. The number of aromatic nitrogens is 3. The summed E-state index contributed by atoms with van der Waals surface area (Å²) < 4.78 is 8.00. The molecule has 0 saturated carbocycles. The molecule has 0 aliphatic carbocycles. The van der Waals surface area contributed by atoms with E-state index in [2.05, 4.69) is 25.0 Å². The highest BCUT2D eigenvalue weighted by molar-refractivity contribution is 7.99. The minimum atomic E-state index is -0.0360. The highest BCUT2D eigenvalue weighted by atomic mass is 35.5. The Balaban J connectivity index is 1.38. The standard InChI is InChI=1S/C21H28ClN5O2S/c22-17-7-4-6-16(12-17)13-23-19(28)15-30-21-25-24-20(26-9-2-1-3-10-26)27(21)14-18-8-5-11-29-18/h4,6-7,12,18H,1-3,5,8-11,13-15H2,(H,23,28)/t18-/m1/s1. The molecule has 1 atom stereocenters. The molecule has 2 saturated heterocycles. The normalized spacial score (nSPS) is 19.2. The van der Waals surface area contributed by atoms with Gasteiger partial charge in [-0.2, -0.15) is 0 Å². The van der Waals surface area contributed by atoms with Gasteiger partial charge in [0.25, 0.3) is 0 Å². The number of anilines is 1. The molecule has 0 bridgehead atoms. The summed E-state index contributed by atoms with van der Waals surface area (Å²) in [7, 11) is 0. The van der Waals surface area contributed by atoms with Gasteiger partial charge in [0.1, 0.15) is 0 Å². The first-order chi connectivity index (χ1) is 14.7. The Kier molecular flexibility index (Phi) is 7.52. The smallest absolute Gasteiger partial charge is 0.230 e. The summed E-state index contributed by atoms with van der Waals surface area (Å²) in [5, 5.41) is 13.3.